The van der Waals surface area contributed by atoms with Crippen LogP contribution in [0, 0.1) is 12.8 Å². The Hall–Kier alpha value is -1.35. The smallest absolute Gasteiger partial charge is 0.176 e. The summed E-state index contributed by atoms with van der Waals surface area (Å²) in [6, 6.07) is 6.02. The van der Waals surface area contributed by atoms with E-state index in [0.717, 1.165) is 30.1 Å². The molecule has 20 heavy (non-hydrogen) atoms. The van der Waals surface area contributed by atoms with Crippen molar-refractivity contribution in [2.45, 2.75) is 26.7 Å². The summed E-state index contributed by atoms with van der Waals surface area (Å²) in [5.41, 5.74) is 3.17. The summed E-state index contributed by atoms with van der Waals surface area (Å²) in [7, 11) is 4.05. The van der Waals surface area contributed by atoms with Gasteiger partial charge in [0.1, 0.15) is 0 Å². The van der Waals surface area contributed by atoms with Gasteiger partial charge in [0.25, 0.3) is 0 Å². The molecule has 0 bridgehead atoms. The number of ketones is 1. The summed E-state index contributed by atoms with van der Waals surface area (Å²) in [4.78, 5) is 16.7. The van der Waals surface area contributed by atoms with E-state index in [1.54, 1.807) is 0 Å². The van der Waals surface area contributed by atoms with Crippen molar-refractivity contribution in [2.75, 3.05) is 38.6 Å². The van der Waals surface area contributed by atoms with E-state index in [9.17, 15) is 4.79 Å². The molecule has 0 atom stereocenters. The van der Waals surface area contributed by atoms with Crippen LogP contribution in [0.2, 0.25) is 0 Å². The molecule has 0 radical (unpaired) electrons. The van der Waals surface area contributed by atoms with E-state index in [1.165, 1.54) is 18.5 Å². The quantitative estimate of drug-likeness (QED) is 0.789. The minimum absolute atomic E-state index is 0.243. The lowest BCUT2D eigenvalue weighted by molar-refractivity contribution is 0.0900. The molecular formula is C17H26N2O. The maximum absolute atomic E-state index is 12.4. The number of benzene rings is 1. The van der Waals surface area contributed by atoms with Gasteiger partial charge in [-0.1, -0.05) is 6.92 Å². The van der Waals surface area contributed by atoms with Crippen LogP contribution in [0.5, 0.6) is 0 Å². The largest absolute Gasteiger partial charge is 0.377 e. The van der Waals surface area contributed by atoms with E-state index < -0.39 is 0 Å². The third-order valence-corrected chi connectivity index (χ3v) is 4.24. The van der Waals surface area contributed by atoms with Crippen LogP contribution in [0.4, 0.5) is 5.69 Å². The highest BCUT2D eigenvalue weighted by atomic mass is 16.1. The zero-order valence-electron chi connectivity index (χ0n) is 13.1. The molecule has 1 aromatic carbocycles. The third-order valence-electron chi connectivity index (χ3n) is 4.24. The number of likely N-dealkylation sites (tertiary alicyclic amines) is 1. The van der Waals surface area contributed by atoms with Gasteiger partial charge in [0.2, 0.25) is 0 Å². The molecule has 0 aliphatic carbocycles. The predicted octanol–water partition coefficient (Wildman–Crippen LogP) is 2.98. The highest BCUT2D eigenvalue weighted by Crippen LogP contribution is 2.20. The Balaban J connectivity index is 2.01. The Morgan fingerprint density at radius 1 is 1.30 bits per heavy atom. The number of anilines is 1. The van der Waals surface area contributed by atoms with Gasteiger partial charge >= 0.3 is 0 Å². The second kappa shape index (κ2) is 6.40. The van der Waals surface area contributed by atoms with E-state index in [4.69, 9.17) is 0 Å². The van der Waals surface area contributed by atoms with Crippen LogP contribution < -0.4 is 4.90 Å². The lowest BCUT2D eigenvalue weighted by Gasteiger charge is -2.29. The maximum atomic E-state index is 12.4. The van der Waals surface area contributed by atoms with Gasteiger partial charge in [0.15, 0.2) is 5.78 Å². The molecule has 0 unspecified atom stereocenters. The van der Waals surface area contributed by atoms with Crippen LogP contribution in [0.15, 0.2) is 18.2 Å². The Bertz CT molecular complexity index is 474. The number of hydrogen-bond acceptors (Lipinski definition) is 3. The van der Waals surface area contributed by atoms with Crippen molar-refractivity contribution in [3.63, 3.8) is 0 Å². The molecule has 2 rings (SSSR count). The van der Waals surface area contributed by atoms with Gasteiger partial charge in [-0.25, -0.2) is 0 Å². The zero-order valence-corrected chi connectivity index (χ0v) is 13.1. The fraction of sp³-hybridized carbons (Fsp3) is 0.588. The van der Waals surface area contributed by atoms with Crippen molar-refractivity contribution < 1.29 is 4.79 Å². The Kier molecular flexibility index (Phi) is 4.81. The highest BCUT2D eigenvalue weighted by Gasteiger charge is 2.19. The van der Waals surface area contributed by atoms with Crippen molar-refractivity contribution in [1.82, 2.24) is 4.90 Å². The molecule has 1 saturated heterocycles. The topological polar surface area (TPSA) is 23.6 Å². The minimum atomic E-state index is 0.243. The van der Waals surface area contributed by atoms with Gasteiger partial charge in [-0.15, -0.1) is 0 Å². The lowest BCUT2D eigenvalue weighted by Crippen LogP contribution is -2.36. The molecule has 0 spiro atoms. The molecule has 3 nitrogen and oxygen atoms in total. The van der Waals surface area contributed by atoms with Gasteiger partial charge in [-0.3, -0.25) is 9.69 Å². The van der Waals surface area contributed by atoms with Crippen LogP contribution in [0.25, 0.3) is 0 Å². The van der Waals surface area contributed by atoms with Gasteiger partial charge in [0.05, 0.1) is 6.54 Å². The van der Waals surface area contributed by atoms with Gasteiger partial charge in [-0.2, -0.15) is 0 Å². The lowest BCUT2D eigenvalue weighted by atomic mass is 9.98. The molecule has 1 heterocycles. The predicted molar refractivity (Wildman–Crippen MR) is 84.7 cm³/mol. The summed E-state index contributed by atoms with van der Waals surface area (Å²) in [5.74, 6) is 1.05. The van der Waals surface area contributed by atoms with E-state index >= 15 is 0 Å². The molecule has 110 valence electrons. The Morgan fingerprint density at radius 3 is 2.50 bits per heavy atom. The normalized spacial score (nSPS) is 17.2. The fourth-order valence-corrected chi connectivity index (χ4v) is 2.85. The van der Waals surface area contributed by atoms with Crippen molar-refractivity contribution in [1.29, 1.82) is 0 Å². The molecule has 0 N–H and O–H groups in total. The monoisotopic (exact) mass is 274 g/mol. The number of piperidine rings is 1. The van der Waals surface area contributed by atoms with Gasteiger partial charge in [-0.05, 0) is 62.5 Å². The summed E-state index contributed by atoms with van der Waals surface area (Å²) in [6.45, 7) is 7.04. The van der Waals surface area contributed by atoms with E-state index in [-0.39, 0.29) is 5.78 Å². The van der Waals surface area contributed by atoms with Crippen LogP contribution in [0.1, 0.15) is 35.7 Å². The first-order valence-electron chi connectivity index (χ1n) is 7.51. The van der Waals surface area contributed by atoms with Gasteiger partial charge in [0, 0.05) is 25.3 Å². The molecule has 1 aliphatic heterocycles. The number of rotatable bonds is 4. The molecule has 1 fully saturated rings. The molecule has 3 heteroatoms. The number of Topliss-reactive ketones (excluding diaryl/α,β-unsaturated/α-hetero) is 1. The molecule has 0 amide bonds. The minimum Gasteiger partial charge on any atom is -0.377 e. The summed E-state index contributed by atoms with van der Waals surface area (Å²) >= 11 is 0. The summed E-state index contributed by atoms with van der Waals surface area (Å²) in [6.07, 6.45) is 2.43. The third kappa shape index (κ3) is 3.60. The molecule has 0 aromatic heterocycles. The average molecular weight is 274 g/mol. The van der Waals surface area contributed by atoms with E-state index in [1.807, 2.05) is 32.3 Å². The Morgan fingerprint density at radius 2 is 1.95 bits per heavy atom. The van der Waals surface area contributed by atoms with E-state index in [0.29, 0.717) is 6.54 Å². The van der Waals surface area contributed by atoms with Crippen LogP contribution in [0.3, 0.4) is 0 Å². The van der Waals surface area contributed by atoms with Crippen molar-refractivity contribution in [2.24, 2.45) is 5.92 Å². The van der Waals surface area contributed by atoms with E-state index in [2.05, 4.69) is 23.6 Å². The summed E-state index contributed by atoms with van der Waals surface area (Å²) in [5, 5.41) is 0. The van der Waals surface area contributed by atoms with Crippen LogP contribution in [-0.4, -0.2) is 44.4 Å². The fourth-order valence-electron chi connectivity index (χ4n) is 2.85. The first-order valence-corrected chi connectivity index (χ1v) is 7.51. The average Bonchev–Trinajstić information content (AvgIpc) is 2.40. The molecule has 1 aromatic rings. The summed E-state index contributed by atoms with van der Waals surface area (Å²) < 4.78 is 0. The highest BCUT2D eigenvalue weighted by molar-refractivity contribution is 5.98. The van der Waals surface area contributed by atoms with Crippen LogP contribution >= 0.6 is 0 Å². The number of carbonyl (C=O) groups excluding carboxylic acids is 1. The van der Waals surface area contributed by atoms with Crippen molar-refractivity contribution in [3.05, 3.63) is 29.3 Å². The second-order valence-electron chi connectivity index (χ2n) is 6.28. The number of aryl methyl sites for hydroxylation is 1. The van der Waals surface area contributed by atoms with Crippen molar-refractivity contribution >= 4 is 11.5 Å². The first kappa shape index (κ1) is 15.0. The SMILES string of the molecule is Cc1cc(C(=O)CN2CCC(C)CC2)ccc1N(C)C. The second-order valence-corrected chi connectivity index (χ2v) is 6.28. The standard InChI is InChI=1S/C17H26N2O/c1-13-7-9-19(10-8-13)12-17(20)15-5-6-16(18(3)4)14(2)11-15/h5-6,11,13H,7-10,12H2,1-4H3. The molecular weight excluding hydrogens is 248 g/mol. The molecule has 0 saturated carbocycles. The molecule has 1 aliphatic rings. The maximum Gasteiger partial charge on any atom is 0.176 e. The number of carbonyl (C=O) groups is 1. The number of nitrogens with zero attached hydrogens (tertiary/aromatic N) is 2. The van der Waals surface area contributed by atoms with Crippen molar-refractivity contribution in [3.8, 4) is 0 Å². The first-order chi connectivity index (χ1) is 9.47. The number of hydrogen-bond donors (Lipinski definition) is 0. The zero-order chi connectivity index (χ0) is 14.7. The van der Waals surface area contributed by atoms with Gasteiger partial charge < -0.3 is 4.90 Å². The van der Waals surface area contributed by atoms with Crippen LogP contribution in [-0.2, 0) is 0 Å². The Labute approximate surface area is 122 Å².